The number of aliphatic carboxylic acids is 1. The Bertz CT molecular complexity index is 1670. The van der Waals surface area contributed by atoms with Crippen LogP contribution < -0.4 is 72.0 Å². The van der Waals surface area contributed by atoms with Gasteiger partial charge in [-0.3, -0.25) is 48.3 Å². The zero-order chi connectivity index (χ0) is 48.4. The first-order valence-corrected chi connectivity index (χ1v) is 20.4. The third-order valence-electron chi connectivity index (χ3n) is 8.24. The second kappa shape index (κ2) is 29.4. The van der Waals surface area contributed by atoms with Gasteiger partial charge in [-0.2, -0.15) is 0 Å². The summed E-state index contributed by atoms with van der Waals surface area (Å²) in [5.74, 6) is -9.34. The molecule has 0 fully saturated rings. The molecule has 26 N–H and O–H groups in total. The molecular weight excluding hydrogens is 867 g/mol. The van der Waals surface area contributed by atoms with E-state index in [1.54, 1.807) is 0 Å². The predicted octanol–water partition coefficient (Wildman–Crippen LogP) is -10.1. The normalized spacial score (nSPS) is 14.9. The first-order valence-electron chi connectivity index (χ1n) is 18.9. The Kier molecular flexibility index (Phi) is 26.6. The molecule has 0 aromatic carbocycles. The van der Waals surface area contributed by atoms with E-state index in [1.807, 2.05) is 16.0 Å². The number of amides is 6. The van der Waals surface area contributed by atoms with E-state index in [9.17, 15) is 68.3 Å². The highest BCUT2D eigenvalue weighted by molar-refractivity contribution is 7.46. The minimum absolute atomic E-state index is 0.0398. The molecule has 0 aliphatic heterocycles. The molecule has 0 radical (unpaired) electrons. The number of nitrogens with two attached hydrogens (primary N) is 7. The van der Waals surface area contributed by atoms with E-state index < -0.39 is 117 Å². The number of hydrogen-bond acceptors (Lipinski definition) is 16. The number of aliphatic hydroxyl groups excluding tert-OH is 3. The SMILES string of the molecule is C[C@@H](OP(=O)(O)O)[C@H](NC(=O)[C@H](CO)NC(=O)[C@H](CO)NC(=O)[C@H](CCCN=C(N)N)NC(=O)[C@H](CCCN=C(N)N)NC(=O)[C@@H](N)CCCN=C(N)N)C(=O)N[C@@H](CO)C(=O)O. The van der Waals surface area contributed by atoms with Gasteiger partial charge in [0.25, 0.3) is 0 Å². The van der Waals surface area contributed by atoms with E-state index in [1.165, 1.54) is 0 Å². The van der Waals surface area contributed by atoms with Gasteiger partial charge in [-0.05, 0) is 45.4 Å². The van der Waals surface area contributed by atoms with Crippen LogP contribution in [0, 0.1) is 0 Å². The smallest absolute Gasteiger partial charge is 0.469 e. The van der Waals surface area contributed by atoms with Crippen LogP contribution in [0.1, 0.15) is 45.4 Å². The fourth-order valence-electron chi connectivity index (χ4n) is 5.05. The molecular formula is C31H61N16O15P. The number of aliphatic imine (C=N–C) groups is 3. The summed E-state index contributed by atoms with van der Waals surface area (Å²) in [4.78, 5) is 121. The molecule has 360 valence electrons. The van der Waals surface area contributed by atoms with Gasteiger partial charge in [0.1, 0.15) is 36.3 Å². The highest BCUT2D eigenvalue weighted by Gasteiger charge is 2.37. The maximum absolute atomic E-state index is 13.7. The van der Waals surface area contributed by atoms with Gasteiger partial charge in [-0.15, -0.1) is 0 Å². The number of carbonyl (C=O) groups excluding carboxylic acids is 6. The zero-order valence-corrected chi connectivity index (χ0v) is 35.2. The number of aliphatic hydroxyl groups is 3. The quantitative estimate of drug-likeness (QED) is 0.0133. The maximum atomic E-state index is 13.7. The lowest BCUT2D eigenvalue weighted by molar-refractivity contribution is -0.144. The Labute approximate surface area is 360 Å². The highest BCUT2D eigenvalue weighted by Crippen LogP contribution is 2.38. The van der Waals surface area contributed by atoms with Crippen LogP contribution in [-0.2, 0) is 42.7 Å². The van der Waals surface area contributed by atoms with Crippen LogP contribution in [0.5, 0.6) is 0 Å². The van der Waals surface area contributed by atoms with Crippen LogP contribution in [0.3, 0.4) is 0 Å². The lowest BCUT2D eigenvalue weighted by Crippen LogP contribution is -2.62. The molecule has 0 aromatic rings. The van der Waals surface area contributed by atoms with Gasteiger partial charge in [0.15, 0.2) is 17.9 Å². The van der Waals surface area contributed by atoms with Gasteiger partial charge in [0.2, 0.25) is 35.4 Å². The Morgan fingerprint density at radius 1 is 0.540 bits per heavy atom. The number of carboxylic acids is 1. The van der Waals surface area contributed by atoms with Crippen molar-refractivity contribution < 1.29 is 72.9 Å². The molecule has 0 aromatic heterocycles. The molecule has 0 rings (SSSR count). The van der Waals surface area contributed by atoms with Crippen molar-refractivity contribution in [2.75, 3.05) is 39.5 Å². The second-order valence-corrected chi connectivity index (χ2v) is 14.6. The van der Waals surface area contributed by atoms with Gasteiger partial charge in [-0.1, -0.05) is 0 Å². The summed E-state index contributed by atoms with van der Waals surface area (Å²) in [7, 11) is -5.34. The number of carboxylic acid groups (broad SMARTS) is 1. The maximum Gasteiger partial charge on any atom is 0.469 e. The van der Waals surface area contributed by atoms with E-state index in [4.69, 9.17) is 40.1 Å². The standard InChI is InChI=1S/C31H61N16O15P/c1-14(62-63(59,60)61)21(27(56)46-20(13-50)28(57)58)47-26(55)19(12-49)45-25(54)18(11-48)44-24(53)17(7-4-10-41-31(37)38)43-23(52)16(6-3-9-40-30(35)36)42-22(51)15(32)5-2-8-39-29(33)34/h14-21,48-50H,2-13,32H2,1H3,(H,42,51)(H,43,52)(H,44,53)(H,45,54)(H,46,56)(H,47,55)(H,57,58)(H4,33,34,39)(H4,35,36,40)(H4,37,38,41)(H2,59,60,61)/t14-,15+,16+,17+,18+,19+,20+,21+/m1/s1. The summed E-state index contributed by atoms with van der Waals surface area (Å²) >= 11 is 0. The molecule has 8 atom stereocenters. The molecule has 0 spiro atoms. The lowest BCUT2D eigenvalue weighted by atomic mass is 10.1. The monoisotopic (exact) mass is 928 g/mol. The average Bonchev–Trinajstić information content (AvgIpc) is 3.18. The van der Waals surface area contributed by atoms with Crippen molar-refractivity contribution >= 4 is 67.1 Å². The van der Waals surface area contributed by atoms with Crippen molar-refractivity contribution in [2.24, 2.45) is 55.1 Å². The number of carbonyl (C=O) groups is 7. The summed E-state index contributed by atoms with van der Waals surface area (Å²) in [6.45, 7) is -2.45. The van der Waals surface area contributed by atoms with Crippen LogP contribution in [0.2, 0.25) is 0 Å². The van der Waals surface area contributed by atoms with E-state index in [0.29, 0.717) is 6.42 Å². The van der Waals surface area contributed by atoms with Gasteiger partial charge in [0.05, 0.1) is 32.0 Å². The first kappa shape index (κ1) is 57.1. The topological polar surface area (TPSA) is 559 Å². The number of phosphoric ester groups is 1. The Balaban J connectivity index is 6.34. The van der Waals surface area contributed by atoms with E-state index in [2.05, 4.69) is 35.5 Å². The van der Waals surface area contributed by atoms with Gasteiger partial charge < -0.3 is 102 Å². The van der Waals surface area contributed by atoms with Crippen LogP contribution in [0.4, 0.5) is 0 Å². The zero-order valence-electron chi connectivity index (χ0n) is 34.3. The molecule has 32 heteroatoms. The fourth-order valence-corrected chi connectivity index (χ4v) is 5.61. The molecule has 0 saturated heterocycles. The first-order chi connectivity index (χ1) is 29.4. The average molecular weight is 929 g/mol. The number of phosphoric acid groups is 1. The van der Waals surface area contributed by atoms with Gasteiger partial charge in [0, 0.05) is 19.6 Å². The molecule has 0 heterocycles. The van der Waals surface area contributed by atoms with Crippen molar-refractivity contribution in [3.05, 3.63) is 0 Å². The van der Waals surface area contributed by atoms with Gasteiger partial charge >= 0.3 is 13.8 Å². The number of hydrogen-bond donors (Lipinski definition) is 19. The van der Waals surface area contributed by atoms with Crippen LogP contribution >= 0.6 is 7.82 Å². The van der Waals surface area contributed by atoms with Crippen molar-refractivity contribution in [1.82, 2.24) is 31.9 Å². The molecule has 63 heavy (non-hydrogen) atoms. The molecule has 0 bridgehead atoms. The molecule has 0 unspecified atom stereocenters. The van der Waals surface area contributed by atoms with Crippen LogP contribution in [0.25, 0.3) is 0 Å². The van der Waals surface area contributed by atoms with Crippen molar-refractivity contribution in [3.8, 4) is 0 Å². The summed E-state index contributed by atoms with van der Waals surface area (Å²) in [5.41, 5.74) is 38.1. The highest BCUT2D eigenvalue weighted by atomic mass is 31.2. The molecule has 0 aliphatic rings. The van der Waals surface area contributed by atoms with Gasteiger partial charge in [-0.25, -0.2) is 9.36 Å². The lowest BCUT2D eigenvalue weighted by Gasteiger charge is -2.28. The molecule has 0 aliphatic carbocycles. The Morgan fingerprint density at radius 2 is 0.873 bits per heavy atom. The van der Waals surface area contributed by atoms with E-state index >= 15 is 0 Å². The largest absolute Gasteiger partial charge is 0.480 e. The summed E-state index contributed by atoms with van der Waals surface area (Å²) in [5, 5.41) is 51.4. The predicted molar refractivity (Wildman–Crippen MR) is 221 cm³/mol. The minimum Gasteiger partial charge on any atom is -0.480 e. The molecule has 31 nitrogen and oxygen atoms in total. The van der Waals surface area contributed by atoms with Crippen molar-refractivity contribution in [1.29, 1.82) is 0 Å². The minimum atomic E-state index is -5.34. The number of nitrogens with one attached hydrogen (secondary N) is 6. The second-order valence-electron chi connectivity index (χ2n) is 13.4. The number of nitrogens with zero attached hydrogens (tertiary/aromatic N) is 3. The summed E-state index contributed by atoms with van der Waals surface area (Å²) in [6, 6.07) is -11.9. The number of rotatable bonds is 31. The number of guanidine groups is 3. The Hall–Kier alpha value is -5.95. The Morgan fingerprint density at radius 3 is 1.24 bits per heavy atom. The molecule has 6 amide bonds. The van der Waals surface area contributed by atoms with Crippen LogP contribution in [0.15, 0.2) is 15.0 Å². The third-order valence-corrected chi connectivity index (χ3v) is 8.85. The van der Waals surface area contributed by atoms with Crippen molar-refractivity contribution in [2.45, 2.75) is 93.8 Å². The van der Waals surface area contributed by atoms with E-state index in [-0.39, 0.29) is 69.6 Å². The van der Waals surface area contributed by atoms with Crippen LogP contribution in [-0.4, -0.2) is 177 Å². The van der Waals surface area contributed by atoms with Crippen molar-refractivity contribution in [3.63, 3.8) is 0 Å². The van der Waals surface area contributed by atoms with E-state index in [0.717, 1.165) is 6.92 Å². The fraction of sp³-hybridized carbons (Fsp3) is 0.677. The summed E-state index contributed by atoms with van der Waals surface area (Å²) in [6.07, 6.45) is -1.55. The third kappa shape index (κ3) is 24.3. The summed E-state index contributed by atoms with van der Waals surface area (Å²) < 4.78 is 15.9. The molecule has 0 saturated carbocycles.